The SMILES string of the molecule is CNC.O=CCc1c[nH]c2ccccc12. The van der Waals surface area contributed by atoms with E-state index in [2.05, 4.69) is 10.3 Å². The number of aromatic nitrogens is 1. The van der Waals surface area contributed by atoms with Crippen LogP contribution in [0.4, 0.5) is 0 Å². The predicted molar refractivity (Wildman–Crippen MR) is 63.1 cm³/mol. The highest BCUT2D eigenvalue weighted by atomic mass is 16.1. The number of aromatic amines is 1. The summed E-state index contributed by atoms with van der Waals surface area (Å²) >= 11 is 0. The van der Waals surface area contributed by atoms with Gasteiger partial charge in [0.2, 0.25) is 0 Å². The number of nitrogens with one attached hydrogen (secondary N) is 2. The summed E-state index contributed by atoms with van der Waals surface area (Å²) < 4.78 is 0. The number of hydrogen-bond donors (Lipinski definition) is 2. The zero-order valence-electron chi connectivity index (χ0n) is 9.08. The van der Waals surface area contributed by atoms with Crippen molar-refractivity contribution in [1.29, 1.82) is 0 Å². The molecule has 3 heteroatoms. The van der Waals surface area contributed by atoms with Crippen LogP contribution in [0.3, 0.4) is 0 Å². The van der Waals surface area contributed by atoms with Crippen LogP contribution >= 0.6 is 0 Å². The molecule has 0 bridgehead atoms. The van der Waals surface area contributed by atoms with Crippen LogP contribution in [0, 0.1) is 0 Å². The van der Waals surface area contributed by atoms with Crippen LogP contribution in [-0.2, 0) is 11.2 Å². The maximum absolute atomic E-state index is 10.3. The fourth-order valence-electron chi connectivity index (χ4n) is 1.39. The highest BCUT2D eigenvalue weighted by Crippen LogP contribution is 2.16. The minimum absolute atomic E-state index is 0.490. The molecule has 2 aromatic rings. The largest absolute Gasteiger partial charge is 0.361 e. The lowest BCUT2D eigenvalue weighted by atomic mass is 10.1. The van der Waals surface area contributed by atoms with Crippen molar-refractivity contribution in [1.82, 2.24) is 10.3 Å². The Kier molecular flexibility index (Phi) is 4.57. The minimum atomic E-state index is 0.490. The van der Waals surface area contributed by atoms with E-state index in [1.54, 1.807) is 0 Å². The third-order valence-corrected chi connectivity index (χ3v) is 1.98. The molecule has 0 radical (unpaired) electrons. The van der Waals surface area contributed by atoms with Crippen molar-refractivity contribution in [2.45, 2.75) is 6.42 Å². The second-order valence-corrected chi connectivity index (χ2v) is 3.23. The standard InChI is InChI=1S/C10H9NO.C2H7N/c12-6-5-8-7-11-10-4-2-1-3-9(8)10;1-3-2/h1-4,6-7,11H,5H2;3H,1-2H3. The summed E-state index contributed by atoms with van der Waals surface area (Å²) in [7, 11) is 3.75. The Hall–Kier alpha value is -1.61. The van der Waals surface area contributed by atoms with Crippen LogP contribution < -0.4 is 5.32 Å². The van der Waals surface area contributed by atoms with E-state index in [0.717, 1.165) is 22.8 Å². The van der Waals surface area contributed by atoms with Crippen LogP contribution in [0.2, 0.25) is 0 Å². The summed E-state index contributed by atoms with van der Waals surface area (Å²) in [5.41, 5.74) is 2.16. The van der Waals surface area contributed by atoms with Gasteiger partial charge in [-0.1, -0.05) is 18.2 Å². The zero-order valence-corrected chi connectivity index (χ0v) is 9.08. The van der Waals surface area contributed by atoms with Gasteiger partial charge < -0.3 is 15.1 Å². The molecule has 0 aliphatic carbocycles. The van der Waals surface area contributed by atoms with E-state index in [1.807, 2.05) is 44.6 Å². The predicted octanol–water partition coefficient (Wildman–Crippen LogP) is 1.74. The van der Waals surface area contributed by atoms with Crippen LogP contribution in [0.1, 0.15) is 5.56 Å². The molecule has 2 N–H and O–H groups in total. The van der Waals surface area contributed by atoms with Crippen molar-refractivity contribution in [2.75, 3.05) is 14.1 Å². The highest BCUT2D eigenvalue weighted by molar-refractivity contribution is 5.84. The number of aldehydes is 1. The van der Waals surface area contributed by atoms with Gasteiger partial charge in [0.25, 0.3) is 0 Å². The number of benzene rings is 1. The topological polar surface area (TPSA) is 44.9 Å². The molecule has 3 nitrogen and oxygen atoms in total. The molecule has 80 valence electrons. The molecular weight excluding hydrogens is 188 g/mol. The third-order valence-electron chi connectivity index (χ3n) is 1.98. The van der Waals surface area contributed by atoms with Gasteiger partial charge in [-0.15, -0.1) is 0 Å². The van der Waals surface area contributed by atoms with Crippen molar-refractivity contribution in [3.05, 3.63) is 36.0 Å². The molecule has 1 aromatic carbocycles. The minimum Gasteiger partial charge on any atom is -0.361 e. The summed E-state index contributed by atoms with van der Waals surface area (Å²) in [6.45, 7) is 0. The van der Waals surface area contributed by atoms with Crippen LogP contribution in [0.5, 0.6) is 0 Å². The maximum Gasteiger partial charge on any atom is 0.124 e. The first-order valence-corrected chi connectivity index (χ1v) is 4.90. The van der Waals surface area contributed by atoms with Crippen molar-refractivity contribution in [2.24, 2.45) is 0 Å². The molecule has 0 unspecified atom stereocenters. The molecule has 0 spiro atoms. The van der Waals surface area contributed by atoms with Crippen molar-refractivity contribution < 1.29 is 4.79 Å². The molecule has 0 amide bonds. The number of carbonyl (C=O) groups excluding carboxylic acids is 1. The Balaban J connectivity index is 0.000000337. The molecule has 2 rings (SSSR count). The van der Waals surface area contributed by atoms with Gasteiger partial charge in [-0.3, -0.25) is 0 Å². The van der Waals surface area contributed by atoms with Gasteiger partial charge >= 0.3 is 0 Å². The van der Waals surface area contributed by atoms with Gasteiger partial charge in [0.05, 0.1) is 0 Å². The van der Waals surface area contributed by atoms with Crippen molar-refractivity contribution in [3.8, 4) is 0 Å². The van der Waals surface area contributed by atoms with Gasteiger partial charge in [-0.25, -0.2) is 0 Å². The van der Waals surface area contributed by atoms with Gasteiger partial charge in [0.1, 0.15) is 6.29 Å². The monoisotopic (exact) mass is 204 g/mol. The van der Waals surface area contributed by atoms with E-state index in [0.29, 0.717) is 6.42 Å². The molecule has 0 fully saturated rings. The van der Waals surface area contributed by atoms with E-state index < -0.39 is 0 Å². The fraction of sp³-hybridized carbons (Fsp3) is 0.250. The first-order chi connectivity index (χ1) is 7.33. The molecule has 0 aliphatic heterocycles. The summed E-state index contributed by atoms with van der Waals surface area (Å²) in [6.07, 6.45) is 3.30. The van der Waals surface area contributed by atoms with Crippen LogP contribution in [-0.4, -0.2) is 25.4 Å². The summed E-state index contributed by atoms with van der Waals surface area (Å²) in [4.78, 5) is 13.4. The molecule has 1 heterocycles. The first-order valence-electron chi connectivity index (χ1n) is 4.90. The Morgan fingerprint density at radius 2 is 2.00 bits per heavy atom. The number of para-hydroxylation sites is 1. The molecule has 1 aromatic heterocycles. The summed E-state index contributed by atoms with van der Waals surface area (Å²) in [5.74, 6) is 0. The van der Waals surface area contributed by atoms with Gasteiger partial charge in [0.15, 0.2) is 0 Å². The van der Waals surface area contributed by atoms with Crippen LogP contribution in [0.25, 0.3) is 10.9 Å². The normalized spacial score (nSPS) is 9.47. The Bertz CT molecular complexity index is 420. The van der Waals surface area contributed by atoms with E-state index in [4.69, 9.17) is 0 Å². The maximum atomic E-state index is 10.3. The van der Waals surface area contributed by atoms with E-state index >= 15 is 0 Å². The van der Waals surface area contributed by atoms with Gasteiger partial charge in [-0.05, 0) is 25.7 Å². The van der Waals surface area contributed by atoms with E-state index in [-0.39, 0.29) is 0 Å². The van der Waals surface area contributed by atoms with Crippen LogP contribution in [0.15, 0.2) is 30.5 Å². The van der Waals surface area contributed by atoms with Gasteiger partial charge in [-0.2, -0.15) is 0 Å². The average molecular weight is 204 g/mol. The second-order valence-electron chi connectivity index (χ2n) is 3.23. The number of carbonyl (C=O) groups is 1. The molecule has 0 aliphatic rings. The number of hydrogen-bond acceptors (Lipinski definition) is 2. The van der Waals surface area contributed by atoms with E-state index in [9.17, 15) is 4.79 Å². The fourth-order valence-corrected chi connectivity index (χ4v) is 1.39. The lowest BCUT2D eigenvalue weighted by molar-refractivity contribution is -0.107. The molecule has 0 atom stereocenters. The Labute approximate surface area is 89.5 Å². The zero-order chi connectivity index (χ0) is 11.1. The average Bonchev–Trinajstić information content (AvgIpc) is 2.64. The molecule has 15 heavy (non-hydrogen) atoms. The first kappa shape index (κ1) is 11.5. The second kappa shape index (κ2) is 5.98. The van der Waals surface area contributed by atoms with Crippen molar-refractivity contribution >= 4 is 17.2 Å². The molecular formula is C12H16N2O. The lowest BCUT2D eigenvalue weighted by Gasteiger charge is -1.90. The third kappa shape index (κ3) is 2.92. The molecule has 0 saturated heterocycles. The number of rotatable bonds is 2. The number of H-pyrrole nitrogens is 1. The Morgan fingerprint density at radius 3 is 2.67 bits per heavy atom. The lowest BCUT2D eigenvalue weighted by Crippen LogP contribution is -1.89. The highest BCUT2D eigenvalue weighted by Gasteiger charge is 2.00. The smallest absolute Gasteiger partial charge is 0.124 e. The number of fused-ring (bicyclic) bond motifs is 1. The van der Waals surface area contributed by atoms with Crippen molar-refractivity contribution in [3.63, 3.8) is 0 Å². The molecule has 0 saturated carbocycles. The quantitative estimate of drug-likeness (QED) is 0.732. The Morgan fingerprint density at radius 1 is 1.33 bits per heavy atom. The van der Waals surface area contributed by atoms with E-state index in [1.165, 1.54) is 0 Å². The summed E-state index contributed by atoms with van der Waals surface area (Å²) in [6, 6.07) is 7.97. The summed E-state index contributed by atoms with van der Waals surface area (Å²) in [5, 5.41) is 3.89. The van der Waals surface area contributed by atoms with Gasteiger partial charge in [0, 0.05) is 23.5 Å².